The molecule has 0 aliphatic carbocycles. The van der Waals surface area contributed by atoms with Crippen molar-refractivity contribution in [1.82, 2.24) is 0 Å². The van der Waals surface area contributed by atoms with Gasteiger partial charge >= 0.3 is 5.97 Å². The van der Waals surface area contributed by atoms with Gasteiger partial charge in [0, 0.05) is 0 Å². The van der Waals surface area contributed by atoms with E-state index in [1.165, 1.54) is 0 Å². The van der Waals surface area contributed by atoms with Gasteiger partial charge in [-0.1, -0.05) is 36.9 Å². The molecule has 116 valence electrons. The third-order valence-electron chi connectivity index (χ3n) is 2.54. The van der Waals surface area contributed by atoms with Crippen LogP contribution < -0.4 is 0 Å². The SMILES string of the molecule is C=C(C(=O)OC(C)OC(C)O[Si](C)(C)C)c1ccccc1. The monoisotopic (exact) mass is 308 g/mol. The molecule has 0 saturated carbocycles. The van der Waals surface area contributed by atoms with Crippen molar-refractivity contribution in [2.45, 2.75) is 46.1 Å². The van der Waals surface area contributed by atoms with Crippen molar-refractivity contribution in [3.05, 3.63) is 42.5 Å². The Balaban J connectivity index is 2.49. The molecule has 0 aromatic heterocycles. The topological polar surface area (TPSA) is 44.8 Å². The van der Waals surface area contributed by atoms with Crippen LogP contribution in [0.1, 0.15) is 19.4 Å². The summed E-state index contributed by atoms with van der Waals surface area (Å²) < 4.78 is 16.5. The molecule has 1 aromatic rings. The molecule has 21 heavy (non-hydrogen) atoms. The van der Waals surface area contributed by atoms with E-state index >= 15 is 0 Å². The Morgan fingerprint density at radius 1 is 1.10 bits per heavy atom. The van der Waals surface area contributed by atoms with Gasteiger partial charge in [0.1, 0.15) is 6.29 Å². The summed E-state index contributed by atoms with van der Waals surface area (Å²) in [6.45, 7) is 13.4. The van der Waals surface area contributed by atoms with Gasteiger partial charge in [-0.05, 0) is 39.1 Å². The van der Waals surface area contributed by atoms with Crippen LogP contribution in [0.25, 0.3) is 5.57 Å². The van der Waals surface area contributed by atoms with Crippen LogP contribution in [-0.2, 0) is 18.7 Å². The maximum absolute atomic E-state index is 12.0. The van der Waals surface area contributed by atoms with Gasteiger partial charge in [-0.25, -0.2) is 4.79 Å². The summed E-state index contributed by atoms with van der Waals surface area (Å²) in [7, 11) is -1.68. The van der Waals surface area contributed by atoms with Crippen molar-refractivity contribution >= 4 is 19.9 Å². The molecule has 0 radical (unpaired) electrons. The summed E-state index contributed by atoms with van der Waals surface area (Å²) in [6.07, 6.45) is -1.10. The summed E-state index contributed by atoms with van der Waals surface area (Å²) >= 11 is 0. The smallest absolute Gasteiger partial charge is 0.340 e. The molecule has 1 aromatic carbocycles. The van der Waals surface area contributed by atoms with Gasteiger partial charge < -0.3 is 13.9 Å². The molecule has 0 N–H and O–H groups in total. The number of esters is 1. The molecule has 2 atom stereocenters. The molecule has 0 bridgehead atoms. The van der Waals surface area contributed by atoms with Crippen LogP contribution in [-0.4, -0.2) is 26.9 Å². The summed E-state index contributed by atoms with van der Waals surface area (Å²) in [5.74, 6) is -0.492. The van der Waals surface area contributed by atoms with E-state index in [1.807, 2.05) is 30.3 Å². The van der Waals surface area contributed by atoms with Crippen molar-refractivity contribution in [2.24, 2.45) is 0 Å². The second-order valence-corrected chi connectivity index (χ2v) is 10.2. The molecule has 0 spiro atoms. The molecule has 0 heterocycles. The molecule has 5 heteroatoms. The van der Waals surface area contributed by atoms with Crippen molar-refractivity contribution in [1.29, 1.82) is 0 Å². The number of hydrogen-bond donors (Lipinski definition) is 0. The standard InChI is InChI=1S/C16H24O4Si/c1-12(15-10-8-7-9-11-15)16(17)19-13(2)18-14(3)20-21(4,5)6/h7-11,13-14H,1H2,2-6H3. The van der Waals surface area contributed by atoms with Crippen LogP contribution in [0.3, 0.4) is 0 Å². The Bertz CT molecular complexity index is 479. The van der Waals surface area contributed by atoms with Crippen molar-refractivity contribution < 1.29 is 18.7 Å². The molecule has 2 unspecified atom stereocenters. The minimum atomic E-state index is -1.68. The largest absolute Gasteiger partial charge is 0.432 e. The molecular weight excluding hydrogens is 284 g/mol. The van der Waals surface area contributed by atoms with Crippen LogP contribution in [0.5, 0.6) is 0 Å². The molecule has 0 fully saturated rings. The van der Waals surface area contributed by atoms with Crippen LogP contribution in [0.4, 0.5) is 0 Å². The fourth-order valence-corrected chi connectivity index (χ4v) is 2.85. The van der Waals surface area contributed by atoms with Gasteiger partial charge in [-0.15, -0.1) is 0 Å². The number of hydrogen-bond acceptors (Lipinski definition) is 4. The number of ether oxygens (including phenoxy) is 2. The number of carbonyl (C=O) groups is 1. The lowest BCUT2D eigenvalue weighted by atomic mass is 10.1. The van der Waals surface area contributed by atoms with Gasteiger partial charge in [-0.3, -0.25) is 0 Å². The van der Waals surface area contributed by atoms with Gasteiger partial charge in [-0.2, -0.15) is 0 Å². The Labute approximate surface area is 127 Å². The van der Waals surface area contributed by atoms with E-state index in [4.69, 9.17) is 13.9 Å². The molecule has 1 rings (SSSR count). The average molecular weight is 308 g/mol. The van der Waals surface area contributed by atoms with E-state index in [0.29, 0.717) is 5.57 Å². The minimum Gasteiger partial charge on any atom is -0.432 e. The van der Waals surface area contributed by atoms with E-state index in [1.54, 1.807) is 13.8 Å². The highest BCUT2D eigenvalue weighted by Crippen LogP contribution is 2.16. The normalized spacial score (nSPS) is 14.3. The van der Waals surface area contributed by atoms with E-state index in [0.717, 1.165) is 5.56 Å². The zero-order valence-electron chi connectivity index (χ0n) is 13.4. The Hall–Kier alpha value is -1.43. The van der Waals surface area contributed by atoms with Crippen LogP contribution in [0, 0.1) is 0 Å². The third kappa shape index (κ3) is 6.71. The maximum Gasteiger partial charge on any atom is 0.340 e. The minimum absolute atomic E-state index is 0.310. The van der Waals surface area contributed by atoms with E-state index in [-0.39, 0.29) is 0 Å². The highest BCUT2D eigenvalue weighted by molar-refractivity contribution is 6.69. The molecular formula is C16H24O4Si. The van der Waals surface area contributed by atoms with Crippen molar-refractivity contribution in [2.75, 3.05) is 0 Å². The summed E-state index contributed by atoms with van der Waals surface area (Å²) in [6, 6.07) is 9.19. The number of rotatable bonds is 7. The van der Waals surface area contributed by atoms with E-state index in [2.05, 4.69) is 26.2 Å². The summed E-state index contributed by atoms with van der Waals surface area (Å²) in [5.41, 5.74) is 1.05. The second-order valence-electron chi connectivity index (χ2n) is 5.75. The van der Waals surface area contributed by atoms with E-state index < -0.39 is 26.9 Å². The average Bonchev–Trinajstić information content (AvgIpc) is 2.36. The van der Waals surface area contributed by atoms with Crippen LogP contribution in [0.2, 0.25) is 19.6 Å². The van der Waals surface area contributed by atoms with E-state index in [9.17, 15) is 4.79 Å². The first-order chi connectivity index (χ1) is 9.69. The highest BCUT2D eigenvalue weighted by Gasteiger charge is 2.22. The summed E-state index contributed by atoms with van der Waals surface area (Å²) in [4.78, 5) is 12.0. The fourth-order valence-electron chi connectivity index (χ4n) is 1.80. The molecule has 0 saturated heterocycles. The highest BCUT2D eigenvalue weighted by atomic mass is 28.4. The van der Waals surface area contributed by atoms with Crippen LogP contribution in [0.15, 0.2) is 36.9 Å². The van der Waals surface area contributed by atoms with Gasteiger partial charge in [0.2, 0.25) is 6.29 Å². The lowest BCUT2D eigenvalue weighted by Crippen LogP contribution is -2.34. The second kappa shape index (κ2) is 7.54. The molecule has 0 aliphatic rings. The van der Waals surface area contributed by atoms with Crippen molar-refractivity contribution in [3.63, 3.8) is 0 Å². The maximum atomic E-state index is 12.0. The lowest BCUT2D eigenvalue weighted by molar-refractivity contribution is -0.205. The summed E-state index contributed by atoms with van der Waals surface area (Å²) in [5, 5.41) is 0. The predicted octanol–water partition coefficient (Wildman–Crippen LogP) is 3.80. The molecule has 4 nitrogen and oxygen atoms in total. The molecule has 0 aliphatic heterocycles. The number of benzene rings is 1. The Morgan fingerprint density at radius 2 is 1.67 bits per heavy atom. The quantitative estimate of drug-likeness (QED) is 0.332. The fraction of sp³-hybridized carbons (Fsp3) is 0.438. The van der Waals surface area contributed by atoms with Gasteiger partial charge in [0.15, 0.2) is 8.32 Å². The van der Waals surface area contributed by atoms with Gasteiger partial charge in [0.05, 0.1) is 5.57 Å². The first kappa shape index (κ1) is 17.6. The molecule has 0 amide bonds. The Kier molecular flexibility index (Phi) is 6.33. The first-order valence-electron chi connectivity index (χ1n) is 6.97. The predicted molar refractivity (Wildman–Crippen MR) is 86.0 cm³/mol. The third-order valence-corrected chi connectivity index (χ3v) is 3.58. The zero-order valence-corrected chi connectivity index (χ0v) is 14.4. The zero-order chi connectivity index (χ0) is 16.0. The van der Waals surface area contributed by atoms with Crippen LogP contribution >= 0.6 is 0 Å². The Morgan fingerprint density at radius 3 is 2.19 bits per heavy atom. The lowest BCUT2D eigenvalue weighted by Gasteiger charge is -2.26. The number of carbonyl (C=O) groups excluding carboxylic acids is 1. The van der Waals surface area contributed by atoms with Crippen molar-refractivity contribution in [3.8, 4) is 0 Å². The first-order valence-corrected chi connectivity index (χ1v) is 10.4. The van der Waals surface area contributed by atoms with Gasteiger partial charge in [0.25, 0.3) is 0 Å².